The fraction of sp³-hybridized carbons (Fsp3) is 0.647. The van der Waals surface area contributed by atoms with Gasteiger partial charge in [0.15, 0.2) is 0 Å². The molecule has 0 aromatic heterocycles. The predicted molar refractivity (Wildman–Crippen MR) is 88.7 cm³/mol. The van der Waals surface area contributed by atoms with Crippen LogP contribution in [0, 0.1) is 0 Å². The minimum absolute atomic E-state index is 0.607. The summed E-state index contributed by atoms with van der Waals surface area (Å²) in [5.74, 6) is 0. The van der Waals surface area contributed by atoms with Crippen LogP contribution in [0.1, 0.15) is 34.1 Å². The van der Waals surface area contributed by atoms with Gasteiger partial charge in [-0.2, -0.15) is 0 Å². The number of nitrogens with one attached hydrogen (secondary N) is 1. The van der Waals surface area contributed by atoms with Crippen molar-refractivity contribution >= 4 is 11.4 Å². The molecule has 3 nitrogen and oxygen atoms in total. The van der Waals surface area contributed by atoms with Crippen LogP contribution in [-0.2, 0) is 0 Å². The molecular formula is C17H29N3. The molecule has 0 spiro atoms. The summed E-state index contributed by atoms with van der Waals surface area (Å²) in [4.78, 5) is 5.11. The number of anilines is 2. The standard InChI is InChI=1S/C17H29N3/c1-14(2)20(15(3)4)13-12-19-11-7-10-18-16-8-5-6-9-17(16)19/h5-6,8-9,14-15,18H,7,10-13H2,1-4H3. The van der Waals surface area contributed by atoms with E-state index in [0.717, 1.165) is 26.2 Å². The Kier molecular flexibility index (Phi) is 5.30. The zero-order valence-electron chi connectivity index (χ0n) is 13.4. The molecule has 0 fully saturated rings. The first-order chi connectivity index (χ1) is 9.59. The van der Waals surface area contributed by atoms with Gasteiger partial charge >= 0.3 is 0 Å². The maximum Gasteiger partial charge on any atom is 0.0602 e. The van der Waals surface area contributed by atoms with E-state index in [1.54, 1.807) is 0 Å². The highest BCUT2D eigenvalue weighted by atomic mass is 15.2. The van der Waals surface area contributed by atoms with Crippen LogP contribution in [-0.4, -0.2) is 43.2 Å². The SMILES string of the molecule is CC(C)N(CCN1CCCNc2ccccc21)C(C)C. The fourth-order valence-corrected chi connectivity index (χ4v) is 3.09. The lowest BCUT2D eigenvalue weighted by atomic mass is 10.2. The van der Waals surface area contributed by atoms with Gasteiger partial charge in [-0.05, 0) is 46.2 Å². The van der Waals surface area contributed by atoms with Gasteiger partial charge in [-0.1, -0.05) is 12.1 Å². The second-order valence-electron chi connectivity index (χ2n) is 6.21. The summed E-state index contributed by atoms with van der Waals surface area (Å²) in [7, 11) is 0. The topological polar surface area (TPSA) is 18.5 Å². The van der Waals surface area contributed by atoms with E-state index in [2.05, 4.69) is 67.1 Å². The maximum atomic E-state index is 3.53. The molecule has 0 saturated heterocycles. The summed E-state index contributed by atoms with van der Waals surface area (Å²) in [6.07, 6.45) is 1.21. The summed E-state index contributed by atoms with van der Waals surface area (Å²) in [6.45, 7) is 13.6. The molecule has 0 unspecified atom stereocenters. The minimum Gasteiger partial charge on any atom is -0.383 e. The highest BCUT2D eigenvalue weighted by Crippen LogP contribution is 2.27. The van der Waals surface area contributed by atoms with Gasteiger partial charge in [0.05, 0.1) is 11.4 Å². The molecule has 20 heavy (non-hydrogen) atoms. The minimum atomic E-state index is 0.607. The van der Waals surface area contributed by atoms with E-state index in [9.17, 15) is 0 Å². The molecular weight excluding hydrogens is 246 g/mol. The third kappa shape index (κ3) is 3.66. The molecule has 0 aliphatic carbocycles. The number of rotatable bonds is 5. The van der Waals surface area contributed by atoms with E-state index in [0.29, 0.717) is 12.1 Å². The molecule has 0 bridgehead atoms. The van der Waals surface area contributed by atoms with Crippen LogP contribution in [0.15, 0.2) is 24.3 Å². The number of nitrogens with zero attached hydrogens (tertiary/aromatic N) is 2. The van der Waals surface area contributed by atoms with E-state index in [-0.39, 0.29) is 0 Å². The van der Waals surface area contributed by atoms with Crippen LogP contribution < -0.4 is 10.2 Å². The summed E-state index contributed by atoms with van der Waals surface area (Å²) in [6, 6.07) is 9.90. The summed E-state index contributed by atoms with van der Waals surface area (Å²) in [5, 5.41) is 3.53. The van der Waals surface area contributed by atoms with Gasteiger partial charge in [0.25, 0.3) is 0 Å². The molecule has 2 rings (SSSR count). The van der Waals surface area contributed by atoms with Gasteiger partial charge in [-0.15, -0.1) is 0 Å². The van der Waals surface area contributed by atoms with E-state index >= 15 is 0 Å². The Bertz CT molecular complexity index is 406. The average molecular weight is 275 g/mol. The van der Waals surface area contributed by atoms with Gasteiger partial charge in [-0.25, -0.2) is 0 Å². The highest BCUT2D eigenvalue weighted by Gasteiger charge is 2.18. The monoisotopic (exact) mass is 275 g/mol. The Morgan fingerprint density at radius 3 is 2.55 bits per heavy atom. The molecule has 112 valence electrons. The number of benzene rings is 1. The van der Waals surface area contributed by atoms with E-state index in [1.165, 1.54) is 17.8 Å². The van der Waals surface area contributed by atoms with E-state index in [1.807, 2.05) is 0 Å². The lowest BCUT2D eigenvalue weighted by Gasteiger charge is -2.33. The van der Waals surface area contributed by atoms with Gasteiger partial charge < -0.3 is 10.2 Å². The number of fused-ring (bicyclic) bond motifs is 1. The second-order valence-corrected chi connectivity index (χ2v) is 6.21. The van der Waals surface area contributed by atoms with Crippen molar-refractivity contribution in [2.75, 3.05) is 36.4 Å². The Labute approximate surface area is 124 Å². The first-order valence-corrected chi connectivity index (χ1v) is 7.93. The summed E-state index contributed by atoms with van der Waals surface area (Å²) >= 11 is 0. The van der Waals surface area contributed by atoms with Crippen LogP contribution in [0.3, 0.4) is 0 Å². The predicted octanol–water partition coefficient (Wildman–Crippen LogP) is 3.43. The Balaban J connectivity index is 2.05. The number of para-hydroxylation sites is 2. The smallest absolute Gasteiger partial charge is 0.0602 e. The highest BCUT2D eigenvalue weighted by molar-refractivity contribution is 5.70. The zero-order chi connectivity index (χ0) is 14.5. The van der Waals surface area contributed by atoms with E-state index < -0.39 is 0 Å². The molecule has 0 radical (unpaired) electrons. The van der Waals surface area contributed by atoms with Crippen molar-refractivity contribution < 1.29 is 0 Å². The normalized spacial score (nSPS) is 15.4. The van der Waals surface area contributed by atoms with Crippen LogP contribution in [0.5, 0.6) is 0 Å². The number of hydrogen-bond donors (Lipinski definition) is 1. The lowest BCUT2D eigenvalue weighted by Crippen LogP contribution is -2.42. The van der Waals surface area contributed by atoms with Gasteiger partial charge in [-0.3, -0.25) is 4.90 Å². The zero-order valence-corrected chi connectivity index (χ0v) is 13.4. The van der Waals surface area contributed by atoms with Crippen LogP contribution in [0.2, 0.25) is 0 Å². The molecule has 1 aromatic rings. The first-order valence-electron chi connectivity index (χ1n) is 7.93. The fourth-order valence-electron chi connectivity index (χ4n) is 3.09. The average Bonchev–Trinajstić information content (AvgIpc) is 2.61. The van der Waals surface area contributed by atoms with Crippen molar-refractivity contribution in [3.05, 3.63) is 24.3 Å². The molecule has 1 aliphatic rings. The van der Waals surface area contributed by atoms with Crippen molar-refractivity contribution in [2.45, 2.75) is 46.2 Å². The lowest BCUT2D eigenvalue weighted by molar-refractivity contribution is 0.179. The second kappa shape index (κ2) is 6.98. The molecule has 3 heteroatoms. The van der Waals surface area contributed by atoms with Crippen LogP contribution in [0.25, 0.3) is 0 Å². The molecule has 1 aromatic carbocycles. The molecule has 1 N–H and O–H groups in total. The van der Waals surface area contributed by atoms with Crippen molar-refractivity contribution in [1.29, 1.82) is 0 Å². The molecule has 0 atom stereocenters. The molecule has 0 saturated carbocycles. The third-order valence-corrected chi connectivity index (χ3v) is 4.12. The van der Waals surface area contributed by atoms with E-state index in [4.69, 9.17) is 0 Å². The Morgan fingerprint density at radius 1 is 1.15 bits per heavy atom. The van der Waals surface area contributed by atoms with Crippen molar-refractivity contribution in [2.24, 2.45) is 0 Å². The molecule has 1 aliphatic heterocycles. The maximum absolute atomic E-state index is 3.53. The largest absolute Gasteiger partial charge is 0.383 e. The van der Waals surface area contributed by atoms with Crippen LogP contribution in [0.4, 0.5) is 11.4 Å². The quantitative estimate of drug-likeness (QED) is 0.888. The third-order valence-electron chi connectivity index (χ3n) is 4.12. The molecule has 0 amide bonds. The molecule has 1 heterocycles. The van der Waals surface area contributed by atoms with Gasteiger partial charge in [0, 0.05) is 38.3 Å². The Hall–Kier alpha value is -1.22. The Morgan fingerprint density at radius 2 is 1.85 bits per heavy atom. The van der Waals surface area contributed by atoms with Crippen molar-refractivity contribution in [3.63, 3.8) is 0 Å². The number of hydrogen-bond acceptors (Lipinski definition) is 3. The van der Waals surface area contributed by atoms with Crippen LogP contribution >= 0.6 is 0 Å². The van der Waals surface area contributed by atoms with Gasteiger partial charge in [0.2, 0.25) is 0 Å². The first kappa shape index (κ1) is 15.2. The van der Waals surface area contributed by atoms with Crippen molar-refractivity contribution in [3.8, 4) is 0 Å². The summed E-state index contributed by atoms with van der Waals surface area (Å²) in [5.41, 5.74) is 2.64. The summed E-state index contributed by atoms with van der Waals surface area (Å²) < 4.78 is 0. The van der Waals surface area contributed by atoms with Gasteiger partial charge in [0.1, 0.15) is 0 Å². The van der Waals surface area contributed by atoms with Crippen molar-refractivity contribution in [1.82, 2.24) is 4.90 Å².